The molecule has 0 radical (unpaired) electrons. The summed E-state index contributed by atoms with van der Waals surface area (Å²) in [6, 6.07) is 7.63. The second-order valence-electron chi connectivity index (χ2n) is 7.17. The molecule has 3 rings (SSSR count). The van der Waals surface area contributed by atoms with Crippen LogP contribution in [0.2, 0.25) is 0 Å². The highest BCUT2D eigenvalue weighted by Crippen LogP contribution is 2.29. The van der Waals surface area contributed by atoms with E-state index in [9.17, 15) is 18.0 Å². The number of hydrogen-bond donors (Lipinski definition) is 4. The number of nitrogens with two attached hydrogens (primary N) is 1. The summed E-state index contributed by atoms with van der Waals surface area (Å²) >= 11 is 0. The summed E-state index contributed by atoms with van der Waals surface area (Å²) in [5.41, 5.74) is 9.74. The number of carbonyl (C=O) groups excluding carboxylic acids is 1. The van der Waals surface area contributed by atoms with Gasteiger partial charge >= 0.3 is 0 Å². The summed E-state index contributed by atoms with van der Waals surface area (Å²) in [5.74, 6) is -0.0120. The van der Waals surface area contributed by atoms with Gasteiger partial charge in [-0.3, -0.25) is 14.1 Å². The van der Waals surface area contributed by atoms with Crippen molar-refractivity contribution in [1.82, 2.24) is 10.2 Å². The van der Waals surface area contributed by atoms with Gasteiger partial charge in [0.05, 0.1) is 11.9 Å². The molecule has 0 saturated heterocycles. The van der Waals surface area contributed by atoms with Gasteiger partial charge in [-0.25, -0.2) is 5.10 Å². The first-order chi connectivity index (χ1) is 14.2. The van der Waals surface area contributed by atoms with Crippen molar-refractivity contribution in [3.8, 4) is 11.3 Å². The minimum Gasteiger partial charge on any atom is -0.330 e. The third-order valence-corrected chi connectivity index (χ3v) is 4.57. The van der Waals surface area contributed by atoms with Crippen LogP contribution in [0, 0.1) is 0 Å². The van der Waals surface area contributed by atoms with Crippen LogP contribution >= 0.6 is 0 Å². The largest absolute Gasteiger partial charge is 0.330 e. The Balaban J connectivity index is 0.000000575. The lowest BCUT2D eigenvalue weighted by Crippen LogP contribution is -2.21. The number of hydrogen-bond acceptors (Lipinski definition) is 6. The van der Waals surface area contributed by atoms with Crippen molar-refractivity contribution in [2.75, 3.05) is 18.1 Å². The van der Waals surface area contributed by atoms with Crippen molar-refractivity contribution >= 4 is 21.7 Å². The molecule has 0 aliphatic heterocycles. The number of H-pyrrole nitrogens is 1. The maximum absolute atomic E-state index is 12.0. The van der Waals surface area contributed by atoms with E-state index in [2.05, 4.69) is 15.5 Å². The number of benzene rings is 1. The molecule has 164 valence electrons. The Kier molecular flexibility index (Phi) is 8.70. The Morgan fingerprint density at radius 1 is 1.23 bits per heavy atom. The maximum atomic E-state index is 12.0. The Morgan fingerprint density at radius 3 is 2.57 bits per heavy atom. The van der Waals surface area contributed by atoms with Crippen molar-refractivity contribution in [1.29, 1.82) is 0 Å². The van der Waals surface area contributed by atoms with Gasteiger partial charge in [-0.1, -0.05) is 12.1 Å². The summed E-state index contributed by atoms with van der Waals surface area (Å²) in [7, 11) is -3.67. The molecule has 1 heterocycles. The highest BCUT2D eigenvalue weighted by atomic mass is 32.2. The van der Waals surface area contributed by atoms with Crippen LogP contribution in [-0.2, 0) is 27.8 Å². The molecule has 0 atom stereocenters. The summed E-state index contributed by atoms with van der Waals surface area (Å²) in [5, 5.41) is 9.82. The van der Waals surface area contributed by atoms with Crippen molar-refractivity contribution < 1.29 is 17.8 Å². The molecule has 1 aliphatic rings. The first-order valence-electron chi connectivity index (χ1n) is 9.82. The molecule has 9 nitrogen and oxygen atoms in total. The zero-order valence-electron chi connectivity index (χ0n) is 17.0. The quantitative estimate of drug-likeness (QED) is 0.398. The number of nitrogens with zero attached hydrogens (tertiary/aromatic N) is 1. The van der Waals surface area contributed by atoms with Gasteiger partial charge in [-0.2, -0.15) is 13.5 Å². The lowest BCUT2D eigenvalue weighted by Gasteiger charge is -2.17. The predicted molar refractivity (Wildman–Crippen MR) is 116 cm³/mol. The van der Waals surface area contributed by atoms with Gasteiger partial charge in [0.1, 0.15) is 0 Å². The second-order valence-corrected chi connectivity index (χ2v) is 8.64. The van der Waals surface area contributed by atoms with Crippen LogP contribution in [-0.4, -0.2) is 41.9 Å². The molecule has 5 N–H and O–H groups in total. The average Bonchev–Trinajstić information content (AvgIpc) is 2.68. The zero-order valence-corrected chi connectivity index (χ0v) is 17.8. The lowest BCUT2D eigenvalue weighted by molar-refractivity contribution is -0.116. The minimum absolute atomic E-state index is 0.0120. The van der Waals surface area contributed by atoms with Crippen LogP contribution in [0.15, 0.2) is 29.1 Å². The number of carbonyl (C=O) groups is 1. The molecule has 0 unspecified atom stereocenters. The first kappa shape index (κ1) is 23.7. The fourth-order valence-electron chi connectivity index (χ4n) is 3.30. The SMILES string of the molecule is CS(=O)(=O)O.NCCCCC(=O)Nc1cccc(-c2n[nH]c(=O)c3c2CCCC3)c1. The van der Waals surface area contributed by atoms with Crippen molar-refractivity contribution in [2.24, 2.45) is 5.73 Å². The molecular weight excluding hydrogens is 408 g/mol. The van der Waals surface area contributed by atoms with Gasteiger partial charge < -0.3 is 11.1 Å². The molecule has 2 aromatic rings. The van der Waals surface area contributed by atoms with Crippen molar-refractivity contribution in [3.63, 3.8) is 0 Å². The van der Waals surface area contributed by atoms with E-state index in [1.807, 2.05) is 24.3 Å². The summed E-state index contributed by atoms with van der Waals surface area (Å²) in [6.45, 7) is 0.603. The van der Waals surface area contributed by atoms with Crippen LogP contribution < -0.4 is 16.6 Å². The van der Waals surface area contributed by atoms with E-state index in [-0.39, 0.29) is 11.5 Å². The third-order valence-electron chi connectivity index (χ3n) is 4.57. The maximum Gasteiger partial charge on any atom is 0.267 e. The number of aromatic nitrogens is 2. The molecule has 1 aliphatic carbocycles. The minimum atomic E-state index is -3.67. The Bertz CT molecular complexity index is 1030. The van der Waals surface area contributed by atoms with Crippen LogP contribution in [0.25, 0.3) is 11.3 Å². The van der Waals surface area contributed by atoms with Gasteiger partial charge in [0.25, 0.3) is 15.7 Å². The average molecular weight is 437 g/mol. The molecule has 0 fully saturated rings. The van der Waals surface area contributed by atoms with Crippen molar-refractivity contribution in [2.45, 2.75) is 44.9 Å². The predicted octanol–water partition coefficient (Wildman–Crippen LogP) is 1.89. The van der Waals surface area contributed by atoms with Gasteiger partial charge in [0, 0.05) is 23.2 Å². The number of unbranched alkanes of at least 4 members (excludes halogenated alkanes) is 1. The zero-order chi connectivity index (χ0) is 22.1. The molecule has 30 heavy (non-hydrogen) atoms. The first-order valence-corrected chi connectivity index (χ1v) is 11.7. The summed E-state index contributed by atoms with van der Waals surface area (Å²) in [4.78, 5) is 24.0. The van der Waals surface area contributed by atoms with E-state index in [0.29, 0.717) is 19.2 Å². The molecule has 0 saturated carbocycles. The molecule has 1 aromatic heterocycles. The van der Waals surface area contributed by atoms with E-state index < -0.39 is 10.1 Å². The van der Waals surface area contributed by atoms with E-state index in [1.165, 1.54) is 0 Å². The van der Waals surface area contributed by atoms with E-state index in [1.54, 1.807) is 0 Å². The highest BCUT2D eigenvalue weighted by Gasteiger charge is 2.19. The number of rotatable bonds is 6. The standard InChI is InChI=1S/C19H24N4O2.CH4O3S/c20-11-4-3-10-17(24)21-14-7-5-6-13(12-14)18-15-8-1-2-9-16(15)19(25)23-22-18;1-5(2,3)4/h5-7,12H,1-4,8-11,20H2,(H,21,24)(H,23,25);1H3,(H,2,3,4). The van der Waals surface area contributed by atoms with Crippen LogP contribution in [0.5, 0.6) is 0 Å². The van der Waals surface area contributed by atoms with Gasteiger partial charge in [0.15, 0.2) is 0 Å². The lowest BCUT2D eigenvalue weighted by atomic mass is 9.90. The van der Waals surface area contributed by atoms with E-state index >= 15 is 0 Å². The number of fused-ring (bicyclic) bond motifs is 1. The number of nitrogens with one attached hydrogen (secondary N) is 2. The van der Waals surface area contributed by atoms with Crippen LogP contribution in [0.3, 0.4) is 0 Å². The third kappa shape index (κ3) is 7.69. The Morgan fingerprint density at radius 2 is 1.90 bits per heavy atom. The normalized spacial score (nSPS) is 13.0. The van der Waals surface area contributed by atoms with Gasteiger partial charge in [-0.05, 0) is 62.8 Å². The number of aromatic amines is 1. The second kappa shape index (κ2) is 11.0. The topological polar surface area (TPSA) is 155 Å². The van der Waals surface area contributed by atoms with Gasteiger partial charge in [-0.15, -0.1) is 0 Å². The van der Waals surface area contributed by atoms with Crippen LogP contribution in [0.4, 0.5) is 5.69 Å². The molecule has 0 bridgehead atoms. The fourth-order valence-corrected chi connectivity index (χ4v) is 3.30. The number of amides is 1. The molecule has 1 aromatic carbocycles. The molecule has 0 spiro atoms. The summed E-state index contributed by atoms with van der Waals surface area (Å²) < 4.78 is 25.9. The molecular formula is C20H28N4O5S. The Labute approximate surface area is 175 Å². The van der Waals surface area contributed by atoms with Crippen molar-refractivity contribution in [3.05, 3.63) is 45.7 Å². The van der Waals surface area contributed by atoms with Crippen LogP contribution in [0.1, 0.15) is 43.2 Å². The fraction of sp³-hybridized carbons (Fsp3) is 0.450. The molecule has 1 amide bonds. The molecule has 10 heteroatoms. The number of anilines is 1. The summed E-state index contributed by atoms with van der Waals surface area (Å²) in [6.07, 6.45) is 6.61. The van der Waals surface area contributed by atoms with Gasteiger partial charge in [0.2, 0.25) is 5.91 Å². The Hall–Kier alpha value is -2.56. The van der Waals surface area contributed by atoms with E-state index in [0.717, 1.165) is 66.6 Å². The van der Waals surface area contributed by atoms with E-state index in [4.69, 9.17) is 10.3 Å². The highest BCUT2D eigenvalue weighted by molar-refractivity contribution is 7.85. The monoisotopic (exact) mass is 436 g/mol. The smallest absolute Gasteiger partial charge is 0.267 e.